The Hall–Kier alpha value is -2.89. The van der Waals surface area contributed by atoms with Crippen LogP contribution < -0.4 is 0 Å². The number of aliphatic imine (C=N–C) groups is 2. The fourth-order valence-electron chi connectivity index (χ4n) is 2.98. The van der Waals surface area contributed by atoms with Crippen LogP contribution in [0.5, 0.6) is 0 Å². The molecule has 0 aliphatic carbocycles. The molecule has 0 unspecified atom stereocenters. The minimum Gasteiger partial charge on any atom is -0.474 e. The Morgan fingerprint density at radius 3 is 2.50 bits per heavy atom. The maximum atomic E-state index is 13.9. The van der Waals surface area contributed by atoms with Crippen LogP contribution in [0.4, 0.5) is 8.78 Å². The van der Waals surface area contributed by atoms with Gasteiger partial charge < -0.3 is 4.74 Å². The van der Waals surface area contributed by atoms with Crippen LogP contribution in [0.2, 0.25) is 0 Å². The highest BCUT2D eigenvalue weighted by Gasteiger charge is 2.27. The molecule has 6 heteroatoms. The average Bonchev–Trinajstić information content (AvgIpc) is 3.14. The molecule has 0 fully saturated rings. The molecule has 0 N–H and O–H groups in total. The topological polar surface area (TPSA) is 51.0 Å². The standard InChI is InChI=1S/C22H22F2N2O2/c1-3-14(2)20(26-21(27)19-17(23)10-7-11-18(19)24)22-25-16(13-28-22)12-15-8-5-4-6-9-15/h4-11,14,16H,3,12-13H2,1-2H3/t14-,16-/m0/s1. The quantitative estimate of drug-likeness (QED) is 0.682. The van der Waals surface area contributed by atoms with Crippen LogP contribution in [0.25, 0.3) is 0 Å². The molecule has 4 nitrogen and oxygen atoms in total. The Bertz CT molecular complexity index is 890. The first kappa shape index (κ1) is 19.9. The van der Waals surface area contributed by atoms with E-state index in [2.05, 4.69) is 9.98 Å². The third kappa shape index (κ3) is 4.50. The molecule has 0 aromatic heterocycles. The number of ether oxygens (including phenoxy) is 1. The molecule has 0 bridgehead atoms. The van der Waals surface area contributed by atoms with E-state index >= 15 is 0 Å². The monoisotopic (exact) mass is 384 g/mol. The lowest BCUT2D eigenvalue weighted by molar-refractivity contribution is 0.0994. The third-order valence-electron chi connectivity index (χ3n) is 4.72. The van der Waals surface area contributed by atoms with Gasteiger partial charge in [0.1, 0.15) is 29.5 Å². The highest BCUT2D eigenvalue weighted by atomic mass is 19.1. The van der Waals surface area contributed by atoms with E-state index in [1.54, 1.807) is 0 Å². The number of benzene rings is 2. The summed E-state index contributed by atoms with van der Waals surface area (Å²) >= 11 is 0. The van der Waals surface area contributed by atoms with E-state index in [0.717, 1.165) is 17.7 Å². The van der Waals surface area contributed by atoms with Crippen LogP contribution in [-0.2, 0) is 11.2 Å². The van der Waals surface area contributed by atoms with Crippen molar-refractivity contribution >= 4 is 17.5 Å². The molecule has 2 atom stereocenters. The summed E-state index contributed by atoms with van der Waals surface area (Å²) in [4.78, 5) is 21.0. The number of hydrogen-bond acceptors (Lipinski definition) is 3. The number of carbonyl (C=O) groups is 1. The Balaban J connectivity index is 1.87. The highest BCUT2D eigenvalue weighted by molar-refractivity contribution is 6.42. The van der Waals surface area contributed by atoms with Gasteiger partial charge in [0.05, 0.1) is 6.04 Å². The minimum atomic E-state index is -0.969. The predicted octanol–water partition coefficient (Wildman–Crippen LogP) is 4.63. The van der Waals surface area contributed by atoms with Gasteiger partial charge >= 0.3 is 0 Å². The molecule has 1 aliphatic heterocycles. The van der Waals surface area contributed by atoms with E-state index in [-0.39, 0.29) is 17.9 Å². The van der Waals surface area contributed by atoms with Gasteiger partial charge in [0.15, 0.2) is 0 Å². The molecule has 2 aromatic rings. The van der Waals surface area contributed by atoms with E-state index in [0.29, 0.717) is 25.2 Å². The molecule has 0 saturated heterocycles. The molecule has 1 amide bonds. The molecule has 3 rings (SSSR count). The molecule has 1 heterocycles. The number of rotatable bonds is 6. The van der Waals surface area contributed by atoms with Gasteiger partial charge in [-0.15, -0.1) is 0 Å². The van der Waals surface area contributed by atoms with Crippen molar-refractivity contribution in [2.24, 2.45) is 15.9 Å². The van der Waals surface area contributed by atoms with Gasteiger partial charge in [0.2, 0.25) is 5.90 Å². The largest absolute Gasteiger partial charge is 0.474 e. The fraction of sp³-hybridized carbons (Fsp3) is 0.318. The maximum absolute atomic E-state index is 13.9. The number of amides is 1. The first-order valence-corrected chi connectivity index (χ1v) is 9.31. The van der Waals surface area contributed by atoms with Crippen LogP contribution in [0, 0.1) is 17.6 Å². The van der Waals surface area contributed by atoms with Crippen molar-refractivity contribution in [2.45, 2.75) is 32.7 Å². The third-order valence-corrected chi connectivity index (χ3v) is 4.72. The van der Waals surface area contributed by atoms with E-state index < -0.39 is 23.1 Å². The van der Waals surface area contributed by atoms with Gasteiger partial charge in [0, 0.05) is 5.92 Å². The van der Waals surface area contributed by atoms with Crippen molar-refractivity contribution in [3.63, 3.8) is 0 Å². The second-order valence-electron chi connectivity index (χ2n) is 6.80. The van der Waals surface area contributed by atoms with Gasteiger partial charge in [-0.1, -0.05) is 50.2 Å². The summed E-state index contributed by atoms with van der Waals surface area (Å²) in [7, 11) is 0. The predicted molar refractivity (Wildman–Crippen MR) is 105 cm³/mol. The van der Waals surface area contributed by atoms with E-state index in [4.69, 9.17) is 4.74 Å². The first-order valence-electron chi connectivity index (χ1n) is 9.31. The fourth-order valence-corrected chi connectivity index (χ4v) is 2.98. The molecular formula is C22H22F2N2O2. The molecule has 2 aromatic carbocycles. The molecule has 0 radical (unpaired) electrons. The van der Waals surface area contributed by atoms with Crippen LogP contribution in [0.1, 0.15) is 36.2 Å². The summed E-state index contributed by atoms with van der Waals surface area (Å²) in [5.41, 5.74) is 0.793. The van der Waals surface area contributed by atoms with E-state index in [1.165, 1.54) is 6.07 Å². The number of carbonyl (C=O) groups excluding carboxylic acids is 1. The van der Waals surface area contributed by atoms with Crippen molar-refractivity contribution < 1.29 is 18.3 Å². The average molecular weight is 384 g/mol. The number of halogens is 2. The Morgan fingerprint density at radius 1 is 1.18 bits per heavy atom. The summed E-state index contributed by atoms with van der Waals surface area (Å²) in [5, 5.41) is 0. The summed E-state index contributed by atoms with van der Waals surface area (Å²) in [6, 6.07) is 13.1. The maximum Gasteiger partial charge on any atom is 0.283 e. The van der Waals surface area contributed by atoms with Gasteiger partial charge in [-0.05, 0) is 30.5 Å². The zero-order valence-electron chi connectivity index (χ0n) is 15.9. The lowest BCUT2D eigenvalue weighted by Gasteiger charge is -2.12. The molecular weight excluding hydrogens is 362 g/mol. The summed E-state index contributed by atoms with van der Waals surface area (Å²) < 4.78 is 33.5. The summed E-state index contributed by atoms with van der Waals surface area (Å²) in [6.45, 7) is 4.19. The normalized spacial score (nSPS) is 17.8. The lowest BCUT2D eigenvalue weighted by Crippen LogP contribution is -2.24. The van der Waals surface area contributed by atoms with Crippen LogP contribution in [-0.4, -0.2) is 30.2 Å². The second-order valence-corrected chi connectivity index (χ2v) is 6.80. The van der Waals surface area contributed by atoms with Crippen molar-refractivity contribution in [1.82, 2.24) is 0 Å². The second kappa shape index (κ2) is 8.87. The molecule has 0 saturated carbocycles. The van der Waals surface area contributed by atoms with Gasteiger partial charge in [0.25, 0.3) is 5.91 Å². The van der Waals surface area contributed by atoms with Crippen molar-refractivity contribution in [3.05, 3.63) is 71.3 Å². The van der Waals surface area contributed by atoms with E-state index in [9.17, 15) is 13.6 Å². The minimum absolute atomic E-state index is 0.0908. The number of nitrogens with zero attached hydrogens (tertiary/aromatic N) is 2. The van der Waals surface area contributed by atoms with E-state index in [1.807, 2.05) is 44.2 Å². The van der Waals surface area contributed by atoms with Gasteiger partial charge in [-0.25, -0.2) is 18.8 Å². The van der Waals surface area contributed by atoms with Crippen molar-refractivity contribution in [2.75, 3.05) is 6.61 Å². The van der Waals surface area contributed by atoms with Crippen molar-refractivity contribution in [1.29, 1.82) is 0 Å². The lowest BCUT2D eigenvalue weighted by atomic mass is 10.0. The van der Waals surface area contributed by atoms with Crippen LogP contribution in [0.15, 0.2) is 58.5 Å². The van der Waals surface area contributed by atoms with Crippen molar-refractivity contribution in [3.8, 4) is 0 Å². The smallest absolute Gasteiger partial charge is 0.283 e. The van der Waals surface area contributed by atoms with Crippen LogP contribution >= 0.6 is 0 Å². The van der Waals surface area contributed by atoms with Gasteiger partial charge in [-0.3, -0.25) is 4.79 Å². The molecule has 28 heavy (non-hydrogen) atoms. The Labute approximate surface area is 163 Å². The van der Waals surface area contributed by atoms with Gasteiger partial charge in [-0.2, -0.15) is 0 Å². The SMILES string of the molecule is CC[C@H](C)C(=NC(=O)c1c(F)cccc1F)C1=N[C@@H](Cc2ccccc2)CO1. The summed E-state index contributed by atoms with van der Waals surface area (Å²) in [5.74, 6) is -2.71. The zero-order chi connectivity index (χ0) is 20.1. The molecule has 0 spiro atoms. The number of hydrogen-bond donors (Lipinski definition) is 0. The summed E-state index contributed by atoms with van der Waals surface area (Å²) in [6.07, 6.45) is 1.38. The Morgan fingerprint density at radius 2 is 1.86 bits per heavy atom. The van der Waals surface area contributed by atoms with Crippen LogP contribution in [0.3, 0.4) is 0 Å². The zero-order valence-corrected chi connectivity index (χ0v) is 15.9. The highest BCUT2D eigenvalue weighted by Crippen LogP contribution is 2.19. The first-order chi connectivity index (χ1) is 13.5. The Kier molecular flexibility index (Phi) is 6.29. The molecule has 146 valence electrons. The molecule has 1 aliphatic rings.